The Balaban J connectivity index is 1.45. The van der Waals surface area contributed by atoms with E-state index in [0.29, 0.717) is 18.1 Å². The van der Waals surface area contributed by atoms with Crippen molar-refractivity contribution in [2.24, 2.45) is 0 Å². The van der Waals surface area contributed by atoms with Gasteiger partial charge in [-0.25, -0.2) is 0 Å². The third-order valence-electron chi connectivity index (χ3n) is 5.06. The van der Waals surface area contributed by atoms with Crippen molar-refractivity contribution in [1.82, 2.24) is 9.80 Å². The van der Waals surface area contributed by atoms with E-state index in [9.17, 15) is 4.79 Å². The first-order chi connectivity index (χ1) is 10.3. The number of carbonyl (C=O) groups excluding carboxylic acids is 1. The summed E-state index contributed by atoms with van der Waals surface area (Å²) in [6.45, 7) is 3.46. The van der Waals surface area contributed by atoms with Gasteiger partial charge in [0, 0.05) is 13.1 Å². The van der Waals surface area contributed by atoms with Crippen molar-refractivity contribution < 1.29 is 9.53 Å². The molecule has 1 amide bonds. The van der Waals surface area contributed by atoms with Gasteiger partial charge in [-0.2, -0.15) is 0 Å². The smallest absolute Gasteiger partial charge is 0.240 e. The molecule has 1 aromatic rings. The van der Waals surface area contributed by atoms with Crippen molar-refractivity contribution in [3.8, 4) is 0 Å². The molecule has 4 nitrogen and oxygen atoms in total. The van der Waals surface area contributed by atoms with E-state index in [1.165, 1.54) is 5.56 Å². The molecule has 3 fully saturated rings. The van der Waals surface area contributed by atoms with Crippen LogP contribution in [-0.4, -0.2) is 53.6 Å². The average Bonchev–Trinajstić information content (AvgIpc) is 3.24. The minimum absolute atomic E-state index is 0.0737. The Kier molecular flexibility index (Phi) is 3.43. The SMILES string of the molecule is O=C(C1CCCN1Cc1ccccc1)N1CC2CC1CO2. The van der Waals surface area contributed by atoms with Crippen molar-refractivity contribution in [2.45, 2.75) is 44.0 Å². The first-order valence-electron chi connectivity index (χ1n) is 8.01. The Morgan fingerprint density at radius 2 is 2.14 bits per heavy atom. The Bertz CT molecular complexity index is 519. The fraction of sp³-hybridized carbons (Fsp3) is 0.588. The van der Waals surface area contributed by atoms with Gasteiger partial charge >= 0.3 is 0 Å². The highest BCUT2D eigenvalue weighted by atomic mass is 16.5. The predicted octanol–water partition coefficient (Wildman–Crippen LogP) is 1.65. The zero-order valence-corrected chi connectivity index (χ0v) is 12.3. The van der Waals surface area contributed by atoms with Gasteiger partial charge in [-0.3, -0.25) is 9.69 Å². The Labute approximate surface area is 125 Å². The second kappa shape index (κ2) is 5.43. The van der Waals surface area contributed by atoms with Crippen molar-refractivity contribution in [2.75, 3.05) is 19.7 Å². The largest absolute Gasteiger partial charge is 0.374 e. The van der Waals surface area contributed by atoms with Crippen molar-refractivity contribution in [1.29, 1.82) is 0 Å². The van der Waals surface area contributed by atoms with Gasteiger partial charge in [0.2, 0.25) is 5.91 Å². The number of ether oxygens (including phenoxy) is 1. The van der Waals surface area contributed by atoms with Gasteiger partial charge in [-0.1, -0.05) is 30.3 Å². The lowest BCUT2D eigenvalue weighted by atomic mass is 10.1. The molecule has 0 spiro atoms. The Morgan fingerprint density at radius 3 is 2.86 bits per heavy atom. The highest BCUT2D eigenvalue weighted by Gasteiger charge is 2.44. The molecule has 3 saturated heterocycles. The predicted molar refractivity (Wildman–Crippen MR) is 79.7 cm³/mol. The molecule has 3 unspecified atom stereocenters. The number of hydrogen-bond acceptors (Lipinski definition) is 3. The zero-order valence-electron chi connectivity index (χ0n) is 12.3. The van der Waals surface area contributed by atoms with Gasteiger partial charge < -0.3 is 9.64 Å². The molecule has 0 N–H and O–H groups in total. The highest BCUT2D eigenvalue weighted by molar-refractivity contribution is 5.83. The molecule has 21 heavy (non-hydrogen) atoms. The van der Waals surface area contributed by atoms with E-state index >= 15 is 0 Å². The third kappa shape index (κ3) is 2.47. The second-order valence-electron chi connectivity index (χ2n) is 6.45. The standard InChI is InChI=1S/C17H22N2O2/c20-17(19-11-15-9-14(19)12-21-15)16-7-4-8-18(16)10-13-5-2-1-3-6-13/h1-3,5-6,14-16H,4,7-12H2. The summed E-state index contributed by atoms with van der Waals surface area (Å²) in [5, 5.41) is 0. The number of morpholine rings is 1. The van der Waals surface area contributed by atoms with E-state index in [1.54, 1.807) is 0 Å². The number of nitrogens with zero attached hydrogens (tertiary/aromatic N) is 2. The maximum Gasteiger partial charge on any atom is 0.240 e. The number of hydrogen-bond donors (Lipinski definition) is 0. The number of carbonyl (C=O) groups is 1. The molecule has 4 heteroatoms. The molecule has 0 radical (unpaired) electrons. The van der Waals surface area contributed by atoms with E-state index < -0.39 is 0 Å². The highest BCUT2D eigenvalue weighted by Crippen LogP contribution is 2.31. The lowest BCUT2D eigenvalue weighted by Gasteiger charge is -2.32. The summed E-state index contributed by atoms with van der Waals surface area (Å²) in [6.07, 6.45) is 3.46. The van der Waals surface area contributed by atoms with E-state index in [0.717, 1.165) is 45.5 Å². The third-order valence-corrected chi connectivity index (χ3v) is 5.06. The summed E-state index contributed by atoms with van der Waals surface area (Å²) in [7, 11) is 0. The van der Waals surface area contributed by atoms with Gasteiger partial charge in [-0.15, -0.1) is 0 Å². The van der Waals surface area contributed by atoms with Crippen LogP contribution in [-0.2, 0) is 16.1 Å². The molecule has 3 aliphatic rings. The van der Waals surface area contributed by atoms with Gasteiger partial charge in [-0.05, 0) is 31.4 Å². The van der Waals surface area contributed by atoms with Gasteiger partial charge in [0.25, 0.3) is 0 Å². The summed E-state index contributed by atoms with van der Waals surface area (Å²) < 4.78 is 5.61. The summed E-state index contributed by atoms with van der Waals surface area (Å²) in [5.74, 6) is 0.333. The molecule has 1 aromatic carbocycles. The maximum atomic E-state index is 12.9. The Morgan fingerprint density at radius 1 is 1.29 bits per heavy atom. The fourth-order valence-corrected chi connectivity index (χ4v) is 3.97. The number of likely N-dealkylation sites (tertiary alicyclic amines) is 2. The molecule has 2 bridgehead atoms. The quantitative estimate of drug-likeness (QED) is 0.847. The molecule has 0 aromatic heterocycles. The van der Waals surface area contributed by atoms with Crippen LogP contribution in [0.5, 0.6) is 0 Å². The van der Waals surface area contributed by atoms with E-state index in [4.69, 9.17) is 4.74 Å². The topological polar surface area (TPSA) is 32.8 Å². The molecule has 112 valence electrons. The fourth-order valence-electron chi connectivity index (χ4n) is 3.97. The molecule has 0 aliphatic carbocycles. The number of rotatable bonds is 3. The number of benzene rings is 1. The summed E-state index contributed by atoms with van der Waals surface area (Å²) in [5.41, 5.74) is 1.29. The maximum absolute atomic E-state index is 12.9. The van der Waals surface area contributed by atoms with Crippen LogP contribution < -0.4 is 0 Å². The molecule has 0 saturated carbocycles. The van der Waals surface area contributed by atoms with Gasteiger partial charge in [0.15, 0.2) is 0 Å². The summed E-state index contributed by atoms with van der Waals surface area (Å²) in [4.78, 5) is 17.3. The molecular weight excluding hydrogens is 264 g/mol. The van der Waals surface area contributed by atoms with Crippen LogP contribution in [0.4, 0.5) is 0 Å². The lowest BCUT2D eigenvalue weighted by Crippen LogP contribution is -2.50. The summed E-state index contributed by atoms with van der Waals surface area (Å²) >= 11 is 0. The van der Waals surface area contributed by atoms with Crippen LogP contribution >= 0.6 is 0 Å². The van der Waals surface area contributed by atoms with Crippen molar-refractivity contribution in [3.05, 3.63) is 35.9 Å². The average molecular weight is 286 g/mol. The molecule has 4 rings (SSSR count). The van der Waals surface area contributed by atoms with Gasteiger partial charge in [0.05, 0.1) is 24.8 Å². The van der Waals surface area contributed by atoms with Crippen LogP contribution in [0.3, 0.4) is 0 Å². The van der Waals surface area contributed by atoms with Gasteiger partial charge in [0.1, 0.15) is 0 Å². The first-order valence-corrected chi connectivity index (χ1v) is 8.01. The zero-order chi connectivity index (χ0) is 14.2. The minimum Gasteiger partial charge on any atom is -0.374 e. The minimum atomic E-state index is 0.0737. The normalized spacial score (nSPS) is 32.0. The van der Waals surface area contributed by atoms with Crippen LogP contribution in [0.1, 0.15) is 24.8 Å². The molecular formula is C17H22N2O2. The lowest BCUT2D eigenvalue weighted by molar-refractivity contribution is -0.140. The number of fused-ring (bicyclic) bond motifs is 2. The number of amides is 1. The van der Waals surface area contributed by atoms with Crippen LogP contribution in [0, 0.1) is 0 Å². The second-order valence-corrected chi connectivity index (χ2v) is 6.45. The summed E-state index contributed by atoms with van der Waals surface area (Å²) in [6, 6.07) is 10.9. The van der Waals surface area contributed by atoms with E-state index in [1.807, 2.05) is 6.07 Å². The molecule has 3 atom stereocenters. The Hall–Kier alpha value is -1.39. The molecule has 3 aliphatic heterocycles. The van der Waals surface area contributed by atoms with E-state index in [2.05, 4.69) is 34.1 Å². The molecule has 3 heterocycles. The van der Waals surface area contributed by atoms with Crippen molar-refractivity contribution in [3.63, 3.8) is 0 Å². The van der Waals surface area contributed by atoms with Crippen LogP contribution in [0.25, 0.3) is 0 Å². The first kappa shape index (κ1) is 13.3. The van der Waals surface area contributed by atoms with Crippen molar-refractivity contribution >= 4 is 5.91 Å². The van der Waals surface area contributed by atoms with Crippen LogP contribution in [0.15, 0.2) is 30.3 Å². The monoisotopic (exact) mass is 286 g/mol. The van der Waals surface area contributed by atoms with E-state index in [-0.39, 0.29) is 6.04 Å². The van der Waals surface area contributed by atoms with Crippen LogP contribution in [0.2, 0.25) is 0 Å².